The van der Waals surface area contributed by atoms with Gasteiger partial charge in [-0.1, -0.05) is 17.7 Å². The normalized spacial score (nSPS) is 12.6. The van der Waals surface area contributed by atoms with Crippen molar-refractivity contribution in [2.45, 2.75) is 17.9 Å². The van der Waals surface area contributed by atoms with Crippen LogP contribution in [0.25, 0.3) is 0 Å². The number of nitrogens with one attached hydrogen (secondary N) is 2. The van der Waals surface area contributed by atoms with Crippen molar-refractivity contribution in [3.8, 4) is 6.07 Å². The van der Waals surface area contributed by atoms with E-state index >= 15 is 0 Å². The fourth-order valence-electron chi connectivity index (χ4n) is 1.42. The van der Waals surface area contributed by atoms with Crippen molar-refractivity contribution in [2.75, 3.05) is 13.1 Å². The van der Waals surface area contributed by atoms with Gasteiger partial charge in [0.1, 0.15) is 6.04 Å². The highest BCUT2D eigenvalue weighted by molar-refractivity contribution is 7.89. The van der Waals surface area contributed by atoms with Crippen LogP contribution in [0.2, 0.25) is 0 Å². The molecule has 1 unspecified atom stereocenters. The lowest BCUT2D eigenvalue weighted by Gasteiger charge is -2.14. The van der Waals surface area contributed by atoms with Crippen LogP contribution in [0.1, 0.15) is 5.56 Å². The quantitative estimate of drug-likeness (QED) is 0.475. The number of aryl methyl sites for hydroxylation is 1. The Balaban J connectivity index is 2.83. The topological polar surface area (TPSA) is 119 Å². The van der Waals surface area contributed by atoms with Crippen LogP contribution in [-0.4, -0.2) is 38.6 Å². The molecule has 108 valence electrons. The molecule has 0 aliphatic carbocycles. The standard InChI is InChI=1S/C12H15N3O4S/c1-9-2-4-10(5-3-9)20(18,19)15-11(12(16)17)8-14-7-6-13/h2-5,11,14-15H,7-8H2,1H3,(H,16,17). The summed E-state index contributed by atoms with van der Waals surface area (Å²) in [6.45, 7) is 1.58. The van der Waals surface area contributed by atoms with Crippen LogP contribution in [0, 0.1) is 18.3 Å². The molecule has 20 heavy (non-hydrogen) atoms. The number of nitriles is 1. The van der Waals surface area contributed by atoms with E-state index in [1.54, 1.807) is 18.2 Å². The molecule has 1 atom stereocenters. The maximum Gasteiger partial charge on any atom is 0.323 e. The second-order valence-corrected chi connectivity index (χ2v) is 5.83. The van der Waals surface area contributed by atoms with E-state index in [9.17, 15) is 13.2 Å². The van der Waals surface area contributed by atoms with Gasteiger partial charge in [0.25, 0.3) is 0 Å². The molecule has 3 N–H and O–H groups in total. The smallest absolute Gasteiger partial charge is 0.323 e. The number of carbonyl (C=O) groups is 1. The number of rotatable bonds is 7. The van der Waals surface area contributed by atoms with Gasteiger partial charge >= 0.3 is 5.97 Å². The fraction of sp³-hybridized carbons (Fsp3) is 0.333. The fourth-order valence-corrected chi connectivity index (χ4v) is 2.61. The molecule has 1 aromatic carbocycles. The Morgan fingerprint density at radius 3 is 2.50 bits per heavy atom. The number of benzene rings is 1. The zero-order chi connectivity index (χ0) is 15.2. The minimum Gasteiger partial charge on any atom is -0.480 e. The van der Waals surface area contributed by atoms with E-state index in [2.05, 4.69) is 10.0 Å². The van der Waals surface area contributed by atoms with Crippen molar-refractivity contribution in [2.24, 2.45) is 0 Å². The first-order valence-corrected chi connectivity index (χ1v) is 7.24. The van der Waals surface area contributed by atoms with E-state index in [0.717, 1.165) is 5.56 Å². The average molecular weight is 297 g/mol. The molecule has 0 radical (unpaired) electrons. The van der Waals surface area contributed by atoms with Crippen LogP contribution in [0.5, 0.6) is 0 Å². The van der Waals surface area contributed by atoms with Crippen molar-refractivity contribution >= 4 is 16.0 Å². The summed E-state index contributed by atoms with van der Waals surface area (Å²) in [6, 6.07) is 6.49. The predicted molar refractivity (Wildman–Crippen MR) is 71.4 cm³/mol. The van der Waals surface area contributed by atoms with Crippen LogP contribution in [-0.2, 0) is 14.8 Å². The summed E-state index contributed by atoms with van der Waals surface area (Å²) in [5.41, 5.74) is 0.898. The van der Waals surface area contributed by atoms with Crippen molar-refractivity contribution in [1.82, 2.24) is 10.0 Å². The summed E-state index contributed by atoms with van der Waals surface area (Å²) < 4.78 is 26.1. The molecule has 7 nitrogen and oxygen atoms in total. The summed E-state index contributed by atoms with van der Waals surface area (Å²) in [7, 11) is -3.91. The Hall–Kier alpha value is -1.95. The summed E-state index contributed by atoms with van der Waals surface area (Å²) in [6.07, 6.45) is 0. The molecule has 8 heteroatoms. The third-order valence-electron chi connectivity index (χ3n) is 2.48. The van der Waals surface area contributed by atoms with Gasteiger partial charge in [-0.05, 0) is 19.1 Å². The second kappa shape index (κ2) is 7.00. The summed E-state index contributed by atoms with van der Waals surface area (Å²) >= 11 is 0. The third-order valence-corrected chi connectivity index (χ3v) is 3.97. The molecule has 0 fully saturated rings. The van der Waals surface area contributed by atoms with E-state index < -0.39 is 22.0 Å². The molecule has 0 aromatic heterocycles. The number of carboxylic acid groups (broad SMARTS) is 1. The van der Waals surface area contributed by atoms with Crippen LogP contribution < -0.4 is 10.0 Å². The summed E-state index contributed by atoms with van der Waals surface area (Å²) in [5, 5.41) is 19.9. The Bertz CT molecular complexity index is 605. The minimum atomic E-state index is -3.91. The van der Waals surface area contributed by atoms with E-state index in [1.807, 2.05) is 6.92 Å². The van der Waals surface area contributed by atoms with Crippen molar-refractivity contribution < 1.29 is 18.3 Å². The highest BCUT2D eigenvalue weighted by Gasteiger charge is 2.24. The summed E-state index contributed by atoms with van der Waals surface area (Å²) in [4.78, 5) is 11.0. The molecule has 0 aliphatic rings. The van der Waals surface area contributed by atoms with Crippen molar-refractivity contribution in [3.05, 3.63) is 29.8 Å². The van der Waals surface area contributed by atoms with Gasteiger partial charge in [0.2, 0.25) is 10.0 Å². The molecule has 1 aromatic rings. The predicted octanol–water partition coefficient (Wildman–Crippen LogP) is -0.160. The monoisotopic (exact) mass is 297 g/mol. The molecule has 1 rings (SSSR count). The number of carboxylic acids is 1. The largest absolute Gasteiger partial charge is 0.480 e. The molecular formula is C12H15N3O4S. The van der Waals surface area contributed by atoms with Gasteiger partial charge in [-0.25, -0.2) is 8.42 Å². The number of hydrogen-bond acceptors (Lipinski definition) is 5. The Morgan fingerprint density at radius 1 is 1.40 bits per heavy atom. The second-order valence-electron chi connectivity index (χ2n) is 4.11. The van der Waals surface area contributed by atoms with E-state index in [1.165, 1.54) is 12.1 Å². The molecule has 0 aliphatic heterocycles. The van der Waals surface area contributed by atoms with E-state index in [4.69, 9.17) is 10.4 Å². The van der Waals surface area contributed by atoms with Gasteiger partial charge in [0.05, 0.1) is 17.5 Å². The van der Waals surface area contributed by atoms with Crippen molar-refractivity contribution in [3.63, 3.8) is 0 Å². The van der Waals surface area contributed by atoms with Gasteiger partial charge < -0.3 is 10.4 Å². The highest BCUT2D eigenvalue weighted by Crippen LogP contribution is 2.10. The first-order valence-electron chi connectivity index (χ1n) is 5.76. The molecular weight excluding hydrogens is 282 g/mol. The molecule has 0 saturated heterocycles. The lowest BCUT2D eigenvalue weighted by Crippen LogP contribution is -2.47. The Morgan fingerprint density at radius 2 is 2.00 bits per heavy atom. The number of hydrogen-bond donors (Lipinski definition) is 3. The van der Waals surface area contributed by atoms with E-state index in [0.29, 0.717) is 0 Å². The Labute approximate surface area is 117 Å². The van der Waals surface area contributed by atoms with Crippen LogP contribution in [0.15, 0.2) is 29.2 Å². The highest BCUT2D eigenvalue weighted by atomic mass is 32.2. The van der Waals surface area contributed by atoms with Gasteiger partial charge in [0, 0.05) is 6.54 Å². The van der Waals surface area contributed by atoms with E-state index in [-0.39, 0.29) is 18.0 Å². The molecule has 0 amide bonds. The first-order chi connectivity index (χ1) is 9.36. The van der Waals surface area contributed by atoms with Crippen LogP contribution in [0.3, 0.4) is 0 Å². The molecule has 0 bridgehead atoms. The average Bonchev–Trinajstić information content (AvgIpc) is 2.38. The summed E-state index contributed by atoms with van der Waals surface area (Å²) in [5.74, 6) is -1.31. The van der Waals surface area contributed by atoms with Crippen molar-refractivity contribution in [1.29, 1.82) is 5.26 Å². The Kier molecular flexibility index (Phi) is 5.64. The third kappa shape index (κ3) is 4.62. The lowest BCUT2D eigenvalue weighted by molar-refractivity contribution is -0.138. The minimum absolute atomic E-state index is 0.00497. The van der Waals surface area contributed by atoms with Gasteiger partial charge in [-0.3, -0.25) is 4.79 Å². The zero-order valence-corrected chi connectivity index (χ0v) is 11.6. The maximum atomic E-state index is 12.0. The van der Waals surface area contributed by atoms with Crippen LogP contribution in [0.4, 0.5) is 0 Å². The van der Waals surface area contributed by atoms with Crippen LogP contribution >= 0.6 is 0 Å². The van der Waals surface area contributed by atoms with Gasteiger partial charge in [0.15, 0.2) is 0 Å². The molecule has 0 heterocycles. The SMILES string of the molecule is Cc1ccc(S(=O)(=O)NC(CNCC#N)C(=O)O)cc1. The number of nitrogens with zero attached hydrogens (tertiary/aromatic N) is 1. The van der Waals surface area contributed by atoms with Gasteiger partial charge in [-0.15, -0.1) is 0 Å². The first kappa shape index (κ1) is 16.1. The number of aliphatic carboxylic acids is 1. The molecule has 0 spiro atoms. The maximum absolute atomic E-state index is 12.0. The zero-order valence-electron chi connectivity index (χ0n) is 10.8. The van der Waals surface area contributed by atoms with Gasteiger partial charge in [-0.2, -0.15) is 9.98 Å². The number of sulfonamides is 1. The lowest BCUT2D eigenvalue weighted by atomic mass is 10.2. The molecule has 0 saturated carbocycles.